The summed E-state index contributed by atoms with van der Waals surface area (Å²) in [6.45, 7) is 9.33. The molecule has 0 aromatic carbocycles. The molecule has 2 nitrogen and oxygen atoms in total. The fraction of sp³-hybridized carbons (Fsp3) is 1.00. The molecule has 0 aliphatic heterocycles. The van der Waals surface area contributed by atoms with Crippen LogP contribution in [0.1, 0.15) is 98.3 Å². The minimum Gasteiger partial charge on any atom is -0.393 e. The topological polar surface area (TPSA) is 40.5 Å². The van der Waals surface area contributed by atoms with Crippen molar-refractivity contribution >= 4 is 0 Å². The number of rotatable bonds is 3. The van der Waals surface area contributed by atoms with Gasteiger partial charge in [-0.3, -0.25) is 0 Å². The van der Waals surface area contributed by atoms with E-state index in [0.29, 0.717) is 16.7 Å². The third kappa shape index (κ3) is 2.72. The molecule has 4 aliphatic rings. The largest absolute Gasteiger partial charge is 0.393 e. The molecule has 2 heteroatoms. The molecule has 0 aromatic heterocycles. The Balaban J connectivity index is 1.56. The lowest BCUT2D eigenvalue weighted by Gasteiger charge is -2.62. The first-order valence-electron chi connectivity index (χ1n) is 11.6. The van der Waals surface area contributed by atoms with E-state index in [-0.39, 0.29) is 11.7 Å². The van der Waals surface area contributed by atoms with Crippen molar-refractivity contribution in [2.45, 2.75) is 110 Å². The molecule has 2 N–H and O–H groups in total. The number of hydrogen-bond acceptors (Lipinski definition) is 2. The summed E-state index contributed by atoms with van der Waals surface area (Å²) in [5, 5.41) is 21.5. The molecule has 150 valence electrons. The Hall–Kier alpha value is -0.0800. The van der Waals surface area contributed by atoms with Crippen LogP contribution >= 0.6 is 0 Å². The van der Waals surface area contributed by atoms with Crippen LogP contribution in [0.15, 0.2) is 0 Å². The molecule has 0 spiro atoms. The fourth-order valence-corrected chi connectivity index (χ4v) is 8.85. The van der Waals surface area contributed by atoms with Crippen LogP contribution in [0.2, 0.25) is 0 Å². The Morgan fingerprint density at radius 1 is 0.923 bits per heavy atom. The van der Waals surface area contributed by atoms with Gasteiger partial charge in [-0.25, -0.2) is 0 Å². The molecule has 4 rings (SSSR count). The van der Waals surface area contributed by atoms with Gasteiger partial charge in [-0.15, -0.1) is 0 Å². The van der Waals surface area contributed by atoms with Crippen LogP contribution in [-0.4, -0.2) is 21.9 Å². The zero-order chi connectivity index (χ0) is 18.7. The first-order valence-corrected chi connectivity index (χ1v) is 11.6. The minimum atomic E-state index is -0.375. The van der Waals surface area contributed by atoms with Crippen LogP contribution in [-0.2, 0) is 0 Å². The van der Waals surface area contributed by atoms with Gasteiger partial charge in [0.25, 0.3) is 0 Å². The van der Waals surface area contributed by atoms with Crippen LogP contribution in [0.4, 0.5) is 0 Å². The van der Waals surface area contributed by atoms with E-state index in [4.69, 9.17) is 0 Å². The van der Waals surface area contributed by atoms with E-state index in [1.807, 2.05) is 6.92 Å². The van der Waals surface area contributed by atoms with Crippen molar-refractivity contribution in [3.05, 3.63) is 0 Å². The zero-order valence-corrected chi connectivity index (χ0v) is 17.6. The molecule has 26 heavy (non-hydrogen) atoms. The minimum absolute atomic E-state index is 0.146. The highest BCUT2D eigenvalue weighted by Gasteiger charge is 2.61. The van der Waals surface area contributed by atoms with Gasteiger partial charge < -0.3 is 10.2 Å². The fourth-order valence-electron chi connectivity index (χ4n) is 8.85. The summed E-state index contributed by atoms with van der Waals surface area (Å²) in [6.07, 6.45) is 13.2. The third-order valence-electron chi connectivity index (χ3n) is 10.2. The highest BCUT2D eigenvalue weighted by Crippen LogP contribution is 2.68. The van der Waals surface area contributed by atoms with Gasteiger partial charge in [-0.05, 0) is 112 Å². The lowest BCUT2D eigenvalue weighted by atomic mass is 9.43. The van der Waals surface area contributed by atoms with Crippen molar-refractivity contribution < 1.29 is 10.2 Å². The van der Waals surface area contributed by atoms with Gasteiger partial charge in [0.1, 0.15) is 0 Å². The molecule has 4 aliphatic carbocycles. The Morgan fingerprint density at radius 3 is 2.35 bits per heavy atom. The second-order valence-corrected chi connectivity index (χ2v) is 11.3. The quantitative estimate of drug-likeness (QED) is 0.690. The number of aliphatic hydroxyl groups is 2. The van der Waals surface area contributed by atoms with E-state index in [1.165, 1.54) is 44.9 Å². The lowest BCUT2D eigenvalue weighted by molar-refractivity contribution is -0.155. The number of fused-ring (bicyclic) bond motifs is 5. The molecule has 0 radical (unpaired) electrons. The van der Waals surface area contributed by atoms with Crippen molar-refractivity contribution in [3.63, 3.8) is 0 Å². The smallest absolute Gasteiger partial charge is 0.0650 e. The van der Waals surface area contributed by atoms with Crippen LogP contribution < -0.4 is 0 Å². The molecule has 0 heterocycles. The van der Waals surface area contributed by atoms with E-state index >= 15 is 0 Å². The molecule has 0 unspecified atom stereocenters. The predicted molar refractivity (Wildman–Crippen MR) is 107 cm³/mol. The predicted octanol–water partition coefficient (Wildman–Crippen LogP) is 5.56. The second-order valence-electron chi connectivity index (χ2n) is 11.3. The molecule has 0 bridgehead atoms. The van der Waals surface area contributed by atoms with Crippen LogP contribution in [0.3, 0.4) is 0 Å². The molecule has 9 atom stereocenters. The SMILES string of the molecule is CCC[C@@]1(O)CC[C@@]2(C)[C@H](CC[C@@H]3[C@@H]2CC[C@]2(C)[C@@H]([C@H](C)O)CC[C@@H]32)C1. The van der Waals surface area contributed by atoms with Crippen LogP contribution in [0.25, 0.3) is 0 Å². The summed E-state index contributed by atoms with van der Waals surface area (Å²) >= 11 is 0. The van der Waals surface area contributed by atoms with E-state index in [2.05, 4.69) is 20.8 Å². The molecule has 0 aromatic rings. The molecule has 4 fully saturated rings. The van der Waals surface area contributed by atoms with Crippen molar-refractivity contribution in [1.29, 1.82) is 0 Å². The summed E-state index contributed by atoms with van der Waals surface area (Å²) in [4.78, 5) is 0. The molecular weight excluding hydrogens is 320 g/mol. The Labute approximate surface area is 161 Å². The van der Waals surface area contributed by atoms with Gasteiger partial charge in [0.2, 0.25) is 0 Å². The van der Waals surface area contributed by atoms with Gasteiger partial charge in [0, 0.05) is 0 Å². The van der Waals surface area contributed by atoms with Crippen molar-refractivity contribution in [2.24, 2.45) is 40.4 Å². The average Bonchev–Trinajstić information content (AvgIpc) is 2.93. The monoisotopic (exact) mass is 362 g/mol. The van der Waals surface area contributed by atoms with E-state index < -0.39 is 0 Å². The average molecular weight is 363 g/mol. The first kappa shape index (κ1) is 19.2. The summed E-state index contributed by atoms with van der Waals surface area (Å²) in [5.74, 6) is 3.80. The highest BCUT2D eigenvalue weighted by atomic mass is 16.3. The van der Waals surface area contributed by atoms with E-state index in [1.54, 1.807) is 0 Å². The molecule has 0 amide bonds. The Bertz CT molecular complexity index is 530. The van der Waals surface area contributed by atoms with Crippen LogP contribution in [0, 0.1) is 40.4 Å². The molecule has 0 saturated heterocycles. The van der Waals surface area contributed by atoms with Crippen molar-refractivity contribution in [1.82, 2.24) is 0 Å². The van der Waals surface area contributed by atoms with Gasteiger partial charge in [-0.1, -0.05) is 27.2 Å². The van der Waals surface area contributed by atoms with Gasteiger partial charge in [-0.2, -0.15) is 0 Å². The Kier molecular flexibility index (Phi) is 4.79. The normalized spacial score (nSPS) is 54.9. The van der Waals surface area contributed by atoms with Crippen LogP contribution in [0.5, 0.6) is 0 Å². The van der Waals surface area contributed by atoms with Gasteiger partial charge in [0.15, 0.2) is 0 Å². The first-order chi connectivity index (χ1) is 12.2. The summed E-state index contributed by atoms with van der Waals surface area (Å²) < 4.78 is 0. The second kappa shape index (κ2) is 6.48. The maximum Gasteiger partial charge on any atom is 0.0650 e. The summed E-state index contributed by atoms with van der Waals surface area (Å²) in [6, 6.07) is 0. The maximum atomic E-state index is 11.1. The number of hydrogen-bond donors (Lipinski definition) is 2. The summed E-state index contributed by atoms with van der Waals surface area (Å²) in [5.41, 5.74) is 0.447. The van der Waals surface area contributed by atoms with Gasteiger partial charge in [0.05, 0.1) is 11.7 Å². The number of aliphatic hydroxyl groups excluding tert-OH is 1. The highest BCUT2D eigenvalue weighted by molar-refractivity contribution is 5.10. The Morgan fingerprint density at radius 2 is 1.65 bits per heavy atom. The van der Waals surface area contributed by atoms with E-state index in [0.717, 1.165) is 49.4 Å². The van der Waals surface area contributed by atoms with E-state index in [9.17, 15) is 10.2 Å². The molecule has 4 saturated carbocycles. The maximum absolute atomic E-state index is 11.1. The molecular formula is C24H42O2. The third-order valence-corrected chi connectivity index (χ3v) is 10.2. The van der Waals surface area contributed by atoms with Crippen molar-refractivity contribution in [2.75, 3.05) is 0 Å². The standard InChI is InChI=1S/C24H42O2/c1-5-11-24(26)14-13-22(3)17(15-24)6-7-18-20-9-8-19(16(2)25)23(20,4)12-10-21(18)22/h16-21,25-26H,5-15H2,1-4H3/t16-,17+,18-,19+,20-,21-,22-,23+,24+/m0/s1. The zero-order valence-electron chi connectivity index (χ0n) is 17.6. The van der Waals surface area contributed by atoms with Crippen molar-refractivity contribution in [3.8, 4) is 0 Å². The van der Waals surface area contributed by atoms with Gasteiger partial charge >= 0.3 is 0 Å². The lowest BCUT2D eigenvalue weighted by Crippen LogP contribution is -2.56. The summed E-state index contributed by atoms with van der Waals surface area (Å²) in [7, 11) is 0.